The van der Waals surface area contributed by atoms with Gasteiger partial charge in [0.1, 0.15) is 11.6 Å². The zero-order chi connectivity index (χ0) is 14.6. The zero-order valence-electron chi connectivity index (χ0n) is 12.3. The van der Waals surface area contributed by atoms with Crippen molar-refractivity contribution in [3.8, 4) is 0 Å². The number of allylic oxidation sites excluding steroid dienone is 1. The van der Waals surface area contributed by atoms with E-state index in [0.29, 0.717) is 13.0 Å². The first-order valence-electron chi connectivity index (χ1n) is 6.48. The molecule has 1 fully saturated rings. The summed E-state index contributed by atoms with van der Waals surface area (Å²) in [6, 6.07) is -0.555. The summed E-state index contributed by atoms with van der Waals surface area (Å²) in [6.07, 6.45) is 4.05. The highest BCUT2D eigenvalue weighted by molar-refractivity contribution is 5.82. The average molecular weight is 269 g/mol. The van der Waals surface area contributed by atoms with Crippen molar-refractivity contribution in [3.63, 3.8) is 0 Å². The number of likely N-dealkylation sites (tertiary alicyclic amines) is 1. The first kappa shape index (κ1) is 15.5. The molecular formula is C14H23NO4. The maximum Gasteiger partial charge on any atom is 0.411 e. The van der Waals surface area contributed by atoms with E-state index in [-0.39, 0.29) is 5.92 Å². The molecule has 0 aliphatic carbocycles. The minimum atomic E-state index is -0.573. The molecule has 0 radical (unpaired) electrons. The van der Waals surface area contributed by atoms with Crippen LogP contribution in [0.3, 0.4) is 0 Å². The third-order valence-corrected chi connectivity index (χ3v) is 2.90. The van der Waals surface area contributed by atoms with Gasteiger partial charge in [-0.2, -0.15) is 0 Å². The molecule has 0 aromatic rings. The van der Waals surface area contributed by atoms with Gasteiger partial charge in [0.05, 0.1) is 7.11 Å². The van der Waals surface area contributed by atoms with Crippen LogP contribution in [-0.2, 0) is 14.3 Å². The van der Waals surface area contributed by atoms with Crippen molar-refractivity contribution in [1.82, 2.24) is 4.90 Å². The molecule has 108 valence electrons. The van der Waals surface area contributed by atoms with E-state index in [1.54, 1.807) is 20.8 Å². The van der Waals surface area contributed by atoms with Gasteiger partial charge in [0.15, 0.2) is 0 Å². The summed E-state index contributed by atoms with van der Waals surface area (Å²) in [5, 5.41) is 0. The van der Waals surface area contributed by atoms with Crippen LogP contribution in [0.5, 0.6) is 0 Å². The van der Waals surface area contributed by atoms with Crippen molar-refractivity contribution in [2.45, 2.75) is 45.8 Å². The van der Waals surface area contributed by atoms with Crippen molar-refractivity contribution >= 4 is 12.1 Å². The van der Waals surface area contributed by atoms with Gasteiger partial charge in [-0.3, -0.25) is 4.90 Å². The summed E-state index contributed by atoms with van der Waals surface area (Å²) in [6.45, 7) is 7.81. The van der Waals surface area contributed by atoms with Gasteiger partial charge in [-0.05, 0) is 40.0 Å². The molecule has 1 amide bonds. The minimum absolute atomic E-state index is 0.168. The second-order valence-electron chi connectivity index (χ2n) is 5.69. The van der Waals surface area contributed by atoms with Crippen molar-refractivity contribution in [1.29, 1.82) is 0 Å². The van der Waals surface area contributed by atoms with Gasteiger partial charge in [-0.25, -0.2) is 9.59 Å². The molecule has 1 saturated heterocycles. The van der Waals surface area contributed by atoms with Crippen LogP contribution in [0, 0.1) is 5.92 Å². The van der Waals surface area contributed by atoms with E-state index in [0.717, 1.165) is 0 Å². The van der Waals surface area contributed by atoms with Gasteiger partial charge in [-0.15, -0.1) is 0 Å². The average Bonchev–Trinajstić information content (AvgIpc) is 2.70. The highest BCUT2D eigenvalue weighted by Gasteiger charge is 2.41. The standard InChI is InChI=1S/C14H23NO4/c1-6-7-10-8-11(12(16)18-5)15(9-10)13(17)19-14(2,3)4/h6-7,10-11H,8-9H2,1-5H3/b7-6+. The monoisotopic (exact) mass is 269 g/mol. The molecule has 1 heterocycles. The number of methoxy groups -OCH3 is 1. The third kappa shape index (κ3) is 4.26. The van der Waals surface area contributed by atoms with Gasteiger partial charge in [0.2, 0.25) is 0 Å². The fourth-order valence-corrected chi connectivity index (χ4v) is 2.16. The van der Waals surface area contributed by atoms with Crippen LogP contribution in [-0.4, -0.2) is 42.3 Å². The Morgan fingerprint density at radius 1 is 1.32 bits per heavy atom. The van der Waals surface area contributed by atoms with Crippen LogP contribution in [0.4, 0.5) is 4.79 Å². The molecule has 5 heteroatoms. The highest BCUT2D eigenvalue weighted by Crippen LogP contribution is 2.27. The Balaban J connectivity index is 2.82. The van der Waals surface area contributed by atoms with Gasteiger partial charge in [-0.1, -0.05) is 12.2 Å². The Morgan fingerprint density at radius 3 is 2.42 bits per heavy atom. The number of nitrogens with zero attached hydrogens (tertiary/aromatic N) is 1. The molecule has 1 rings (SSSR count). The maximum atomic E-state index is 12.1. The number of carbonyl (C=O) groups is 2. The van der Waals surface area contributed by atoms with Crippen LogP contribution in [0.15, 0.2) is 12.2 Å². The first-order chi connectivity index (χ1) is 8.78. The molecule has 0 N–H and O–H groups in total. The molecule has 0 aromatic carbocycles. The Hall–Kier alpha value is -1.52. The summed E-state index contributed by atoms with van der Waals surface area (Å²) in [7, 11) is 1.33. The van der Waals surface area contributed by atoms with E-state index < -0.39 is 23.7 Å². The lowest BCUT2D eigenvalue weighted by atomic mass is 10.1. The number of ether oxygens (including phenoxy) is 2. The van der Waals surface area contributed by atoms with Crippen molar-refractivity contribution in [3.05, 3.63) is 12.2 Å². The Labute approximate surface area is 114 Å². The highest BCUT2D eigenvalue weighted by atomic mass is 16.6. The molecular weight excluding hydrogens is 246 g/mol. The molecule has 5 nitrogen and oxygen atoms in total. The van der Waals surface area contributed by atoms with Gasteiger partial charge >= 0.3 is 12.1 Å². The van der Waals surface area contributed by atoms with Crippen LogP contribution in [0.2, 0.25) is 0 Å². The number of rotatable bonds is 2. The number of carbonyl (C=O) groups excluding carboxylic acids is 2. The normalized spacial score (nSPS) is 23.7. The van der Waals surface area contributed by atoms with Gasteiger partial charge in [0, 0.05) is 6.54 Å². The smallest absolute Gasteiger partial charge is 0.411 e. The summed E-state index contributed by atoms with van der Waals surface area (Å²) < 4.78 is 10.1. The third-order valence-electron chi connectivity index (χ3n) is 2.90. The Bertz CT molecular complexity index is 370. The minimum Gasteiger partial charge on any atom is -0.467 e. The van der Waals surface area contributed by atoms with Gasteiger partial charge < -0.3 is 9.47 Å². The van der Waals surface area contributed by atoms with E-state index in [1.807, 2.05) is 19.1 Å². The molecule has 1 aliphatic rings. The lowest BCUT2D eigenvalue weighted by Gasteiger charge is -2.27. The molecule has 0 saturated carbocycles. The van der Waals surface area contributed by atoms with Crippen LogP contribution >= 0.6 is 0 Å². The van der Waals surface area contributed by atoms with Crippen molar-refractivity contribution in [2.75, 3.05) is 13.7 Å². The SMILES string of the molecule is C/C=C/C1CC(C(=O)OC)N(C(=O)OC(C)(C)C)C1. The van der Waals surface area contributed by atoms with E-state index in [2.05, 4.69) is 0 Å². The molecule has 2 atom stereocenters. The molecule has 1 aliphatic heterocycles. The maximum absolute atomic E-state index is 12.1. The Morgan fingerprint density at radius 2 is 1.95 bits per heavy atom. The van der Waals surface area contributed by atoms with Gasteiger partial charge in [0.25, 0.3) is 0 Å². The summed E-state index contributed by atoms with van der Waals surface area (Å²) in [5.41, 5.74) is -0.573. The quantitative estimate of drug-likeness (QED) is 0.570. The lowest BCUT2D eigenvalue weighted by Crippen LogP contribution is -2.43. The van der Waals surface area contributed by atoms with E-state index in [4.69, 9.17) is 9.47 Å². The van der Waals surface area contributed by atoms with Crippen molar-refractivity contribution in [2.24, 2.45) is 5.92 Å². The molecule has 19 heavy (non-hydrogen) atoms. The number of hydrogen-bond donors (Lipinski definition) is 0. The first-order valence-corrected chi connectivity index (χ1v) is 6.48. The molecule has 0 aromatic heterocycles. The Kier molecular flexibility index (Phi) is 4.97. The van der Waals surface area contributed by atoms with E-state index in [1.165, 1.54) is 12.0 Å². The van der Waals surface area contributed by atoms with Crippen LogP contribution in [0.25, 0.3) is 0 Å². The summed E-state index contributed by atoms with van der Waals surface area (Å²) in [4.78, 5) is 25.3. The summed E-state index contributed by atoms with van der Waals surface area (Å²) in [5.74, 6) is -0.223. The predicted molar refractivity (Wildman–Crippen MR) is 71.7 cm³/mol. The number of amides is 1. The molecule has 0 spiro atoms. The predicted octanol–water partition coefficient (Wildman–Crippen LogP) is 2.36. The van der Waals surface area contributed by atoms with E-state index >= 15 is 0 Å². The number of hydrogen-bond acceptors (Lipinski definition) is 4. The largest absolute Gasteiger partial charge is 0.467 e. The molecule has 0 bridgehead atoms. The zero-order valence-corrected chi connectivity index (χ0v) is 12.3. The second-order valence-corrected chi connectivity index (χ2v) is 5.69. The topological polar surface area (TPSA) is 55.8 Å². The number of esters is 1. The summed E-state index contributed by atoms with van der Waals surface area (Å²) >= 11 is 0. The lowest BCUT2D eigenvalue weighted by molar-refractivity contribution is -0.145. The van der Waals surface area contributed by atoms with Crippen molar-refractivity contribution < 1.29 is 19.1 Å². The van der Waals surface area contributed by atoms with Crippen LogP contribution in [0.1, 0.15) is 34.1 Å². The molecule has 2 unspecified atom stereocenters. The van der Waals surface area contributed by atoms with Crippen LogP contribution < -0.4 is 0 Å². The second kappa shape index (κ2) is 6.08. The fraction of sp³-hybridized carbons (Fsp3) is 0.714. The fourth-order valence-electron chi connectivity index (χ4n) is 2.16. The van der Waals surface area contributed by atoms with E-state index in [9.17, 15) is 9.59 Å².